The van der Waals surface area contributed by atoms with Gasteiger partial charge in [0.05, 0.1) is 0 Å². The lowest BCUT2D eigenvalue weighted by molar-refractivity contribution is 1.22. The van der Waals surface area contributed by atoms with E-state index in [2.05, 4.69) is 85.0 Å². The average Bonchev–Trinajstić information content (AvgIpc) is 3.09. The van der Waals surface area contributed by atoms with Gasteiger partial charge in [-0.15, -0.1) is 0 Å². The molecule has 0 heteroatoms. The summed E-state index contributed by atoms with van der Waals surface area (Å²) in [6.07, 6.45) is 10.2. The molecule has 0 spiro atoms. The zero-order valence-electron chi connectivity index (χ0n) is 13.8. The van der Waals surface area contributed by atoms with E-state index < -0.39 is 0 Å². The number of allylic oxidation sites excluding steroid dienone is 2. The van der Waals surface area contributed by atoms with Crippen LogP contribution in [-0.4, -0.2) is 0 Å². The van der Waals surface area contributed by atoms with Crippen LogP contribution in [0.4, 0.5) is 0 Å². The van der Waals surface area contributed by atoms with Crippen molar-refractivity contribution in [3.8, 4) is 0 Å². The van der Waals surface area contributed by atoms with Gasteiger partial charge in [0.25, 0.3) is 0 Å². The molecular weight excluding hydrogens is 300 g/mol. The molecule has 4 aromatic rings. The van der Waals surface area contributed by atoms with Gasteiger partial charge >= 0.3 is 0 Å². The lowest BCUT2D eigenvalue weighted by Crippen LogP contribution is -2.14. The van der Waals surface area contributed by atoms with E-state index >= 15 is 0 Å². The van der Waals surface area contributed by atoms with Crippen LogP contribution in [0.5, 0.6) is 0 Å². The third kappa shape index (κ3) is 1.66. The molecule has 0 saturated heterocycles. The van der Waals surface area contributed by atoms with Crippen LogP contribution >= 0.6 is 0 Å². The molecule has 0 aliphatic heterocycles. The minimum atomic E-state index is 1.02. The van der Waals surface area contributed by atoms with Gasteiger partial charge in [-0.3, -0.25) is 0 Å². The van der Waals surface area contributed by atoms with E-state index in [1.165, 1.54) is 53.5 Å². The van der Waals surface area contributed by atoms with E-state index in [-0.39, 0.29) is 0 Å². The third-order valence-electron chi connectivity index (χ3n) is 5.66. The lowest BCUT2D eigenvalue weighted by Gasteiger charge is -2.12. The summed E-state index contributed by atoms with van der Waals surface area (Å²) in [5.41, 5.74) is 2.89. The molecule has 25 heavy (non-hydrogen) atoms. The number of hydrogen-bond acceptors (Lipinski definition) is 0. The zero-order valence-corrected chi connectivity index (χ0v) is 13.8. The Morgan fingerprint density at radius 1 is 0.680 bits per heavy atom. The molecule has 0 aromatic heterocycles. The molecule has 0 unspecified atom stereocenters. The van der Waals surface area contributed by atoms with Gasteiger partial charge < -0.3 is 0 Å². The molecule has 0 heterocycles. The highest BCUT2D eigenvalue weighted by atomic mass is 14.2. The second-order valence-electron chi connectivity index (χ2n) is 6.92. The van der Waals surface area contributed by atoms with Crippen molar-refractivity contribution in [1.82, 2.24) is 0 Å². The van der Waals surface area contributed by atoms with E-state index in [1.54, 1.807) is 0 Å². The lowest BCUT2D eigenvalue weighted by atomic mass is 9.92. The molecule has 6 rings (SSSR count). The maximum atomic E-state index is 2.42. The molecule has 0 N–H and O–H groups in total. The Morgan fingerprint density at radius 2 is 1.48 bits per heavy atom. The Kier molecular flexibility index (Phi) is 2.48. The minimum absolute atomic E-state index is 1.02. The molecule has 0 bridgehead atoms. The van der Waals surface area contributed by atoms with Crippen LogP contribution in [0, 0.1) is 10.4 Å². The van der Waals surface area contributed by atoms with E-state index in [1.807, 2.05) is 0 Å². The Bertz CT molecular complexity index is 1450. The summed E-state index contributed by atoms with van der Waals surface area (Å²) in [5.74, 6) is 0. The van der Waals surface area contributed by atoms with Crippen LogP contribution in [0.2, 0.25) is 0 Å². The summed E-state index contributed by atoms with van der Waals surface area (Å²) in [5, 5.41) is 11.0. The summed E-state index contributed by atoms with van der Waals surface area (Å²) < 4.78 is 0. The van der Waals surface area contributed by atoms with Gasteiger partial charge in [0.2, 0.25) is 0 Å². The first-order valence-electron chi connectivity index (χ1n) is 8.86. The molecule has 2 aliphatic rings. The van der Waals surface area contributed by atoms with Gasteiger partial charge in [0, 0.05) is 0 Å². The highest BCUT2D eigenvalue weighted by molar-refractivity contribution is 5.92. The van der Waals surface area contributed by atoms with Gasteiger partial charge in [-0.25, -0.2) is 0 Å². The summed E-state index contributed by atoms with van der Waals surface area (Å²) in [6.45, 7) is 0. The number of fused-ring (bicyclic) bond motifs is 9. The monoisotopic (exact) mass is 316 g/mol. The molecule has 0 nitrogen and oxygen atoms in total. The highest BCUT2D eigenvalue weighted by Gasteiger charge is 2.15. The normalized spacial score (nSPS) is 13.9. The van der Waals surface area contributed by atoms with Crippen LogP contribution in [0.15, 0.2) is 72.8 Å². The summed E-state index contributed by atoms with van der Waals surface area (Å²) >= 11 is 0. The molecule has 116 valence electrons. The largest absolute Gasteiger partial charge is 0.0801 e. The Balaban J connectivity index is 1.99. The van der Waals surface area contributed by atoms with Crippen LogP contribution in [-0.2, 0) is 6.42 Å². The first-order valence-corrected chi connectivity index (χ1v) is 8.86. The average molecular weight is 316 g/mol. The van der Waals surface area contributed by atoms with E-state index in [0.29, 0.717) is 0 Å². The Labute approximate surface area is 145 Å². The highest BCUT2D eigenvalue weighted by Crippen LogP contribution is 2.25. The zero-order chi connectivity index (χ0) is 16.4. The number of rotatable bonds is 0. The van der Waals surface area contributed by atoms with Crippen molar-refractivity contribution in [1.29, 1.82) is 0 Å². The fraction of sp³-hybridized carbons (Fsp3) is 0.0400. The molecule has 2 aliphatic carbocycles. The first-order chi connectivity index (χ1) is 12.4. The topological polar surface area (TPSA) is 0 Å². The van der Waals surface area contributed by atoms with E-state index in [0.717, 1.165) is 6.42 Å². The predicted octanol–water partition coefficient (Wildman–Crippen LogP) is 4.31. The van der Waals surface area contributed by atoms with E-state index in [9.17, 15) is 0 Å². The molecule has 4 aromatic carbocycles. The van der Waals surface area contributed by atoms with Gasteiger partial charge in [-0.05, 0) is 66.0 Å². The summed E-state index contributed by atoms with van der Waals surface area (Å²) in [7, 11) is 0. The standard InChI is InChI=1S/C25H16/c1-2-8-17-16(7-1)13-14-22-23(17)15-24-20-11-4-3-9-18(20)19-10-5-6-12-21(19)25(22)24/h1-10,12-15H,11H2. The van der Waals surface area contributed by atoms with Crippen LogP contribution in [0.1, 0.15) is 11.1 Å². The molecule has 0 saturated carbocycles. The van der Waals surface area contributed by atoms with Gasteiger partial charge in [-0.1, -0.05) is 78.9 Å². The van der Waals surface area contributed by atoms with Crippen molar-refractivity contribution in [2.45, 2.75) is 6.42 Å². The maximum Gasteiger partial charge on any atom is -0.00230 e. The molecule has 0 fully saturated rings. The Hall–Kier alpha value is -3.12. The molecule has 0 radical (unpaired) electrons. The predicted molar refractivity (Wildman–Crippen MR) is 106 cm³/mol. The van der Waals surface area contributed by atoms with Crippen molar-refractivity contribution in [3.63, 3.8) is 0 Å². The third-order valence-corrected chi connectivity index (χ3v) is 5.66. The van der Waals surface area contributed by atoms with Crippen molar-refractivity contribution >= 4 is 33.7 Å². The quantitative estimate of drug-likeness (QED) is 0.399. The fourth-order valence-electron chi connectivity index (χ4n) is 4.56. The van der Waals surface area contributed by atoms with Crippen molar-refractivity contribution in [2.24, 2.45) is 0 Å². The number of benzene rings is 4. The fourth-order valence-corrected chi connectivity index (χ4v) is 4.56. The van der Waals surface area contributed by atoms with Gasteiger partial charge in [0.15, 0.2) is 0 Å². The van der Waals surface area contributed by atoms with Crippen molar-refractivity contribution < 1.29 is 0 Å². The van der Waals surface area contributed by atoms with E-state index in [4.69, 9.17) is 0 Å². The second kappa shape index (κ2) is 4.70. The second-order valence-corrected chi connectivity index (χ2v) is 6.92. The Morgan fingerprint density at radius 3 is 2.40 bits per heavy atom. The van der Waals surface area contributed by atoms with Crippen LogP contribution in [0.25, 0.3) is 33.7 Å². The summed E-state index contributed by atoms with van der Waals surface area (Å²) in [6, 6.07) is 22.1. The first kappa shape index (κ1) is 13.2. The molecule has 0 atom stereocenters. The molecule has 0 amide bonds. The number of hydrogen-bond donors (Lipinski definition) is 0. The summed E-state index contributed by atoms with van der Waals surface area (Å²) in [4.78, 5) is 0. The molecular formula is C25H16. The minimum Gasteiger partial charge on any atom is -0.0801 e. The van der Waals surface area contributed by atoms with Crippen LogP contribution in [0.3, 0.4) is 0 Å². The van der Waals surface area contributed by atoms with Crippen LogP contribution < -0.4 is 10.4 Å². The maximum absolute atomic E-state index is 2.42. The van der Waals surface area contributed by atoms with Gasteiger partial charge in [-0.2, -0.15) is 0 Å². The van der Waals surface area contributed by atoms with Crippen molar-refractivity contribution in [2.75, 3.05) is 0 Å². The smallest absolute Gasteiger partial charge is 0.00230 e. The SMILES string of the molecule is C1=CCc2c3c(c4ccccc4c2=C1)=c1ccc2ccccc2c1=C3. The van der Waals surface area contributed by atoms with Gasteiger partial charge in [0.1, 0.15) is 0 Å². The van der Waals surface area contributed by atoms with Crippen molar-refractivity contribution in [3.05, 3.63) is 105 Å².